The topological polar surface area (TPSA) is 59.0 Å². The van der Waals surface area contributed by atoms with Crippen LogP contribution in [0.5, 0.6) is 0 Å². The number of hydrogen-bond donors (Lipinski definition) is 2. The molecule has 5 nitrogen and oxygen atoms in total. The molecule has 0 aliphatic carbocycles. The van der Waals surface area contributed by atoms with Crippen LogP contribution < -0.4 is 10.6 Å². The molecule has 1 aliphatic rings. The van der Waals surface area contributed by atoms with E-state index >= 15 is 0 Å². The minimum atomic E-state index is -0.422. The van der Waals surface area contributed by atoms with Crippen molar-refractivity contribution in [3.8, 4) is 0 Å². The van der Waals surface area contributed by atoms with Crippen molar-refractivity contribution in [2.75, 3.05) is 6.54 Å². The van der Waals surface area contributed by atoms with Crippen LogP contribution in [0.15, 0.2) is 12.4 Å². The molecule has 1 fully saturated rings. The van der Waals surface area contributed by atoms with Gasteiger partial charge in [0, 0.05) is 18.8 Å². The van der Waals surface area contributed by atoms with E-state index in [1.54, 1.807) is 10.9 Å². The lowest BCUT2D eigenvalue weighted by Crippen LogP contribution is -2.57. The molecule has 0 radical (unpaired) electrons. The van der Waals surface area contributed by atoms with Gasteiger partial charge in [-0.3, -0.25) is 9.48 Å². The van der Waals surface area contributed by atoms with Gasteiger partial charge < -0.3 is 10.6 Å². The number of nitrogens with one attached hydrogen (secondary N) is 2. The Balaban J connectivity index is 1.98. The second-order valence-electron chi connectivity index (χ2n) is 5.36. The van der Waals surface area contributed by atoms with Gasteiger partial charge in [-0.25, -0.2) is 0 Å². The van der Waals surface area contributed by atoms with Gasteiger partial charge in [0.2, 0.25) is 5.91 Å². The van der Waals surface area contributed by atoms with Crippen molar-refractivity contribution in [1.82, 2.24) is 20.4 Å². The average molecular weight is 250 g/mol. The van der Waals surface area contributed by atoms with E-state index in [0.717, 1.165) is 31.4 Å². The van der Waals surface area contributed by atoms with Gasteiger partial charge in [0.1, 0.15) is 0 Å². The van der Waals surface area contributed by atoms with Crippen molar-refractivity contribution in [3.05, 3.63) is 18.0 Å². The molecule has 1 aliphatic heterocycles. The molecule has 0 saturated carbocycles. The maximum absolute atomic E-state index is 12.3. The van der Waals surface area contributed by atoms with E-state index in [1.165, 1.54) is 0 Å². The standard InChI is InChI=1S/C13H22N4O/c1-10(11-8-15-17(3)9-11)16-12(18)13(2)6-4-5-7-14-13/h8-10,14H,4-7H2,1-3H3,(H,16,18). The van der Waals surface area contributed by atoms with E-state index in [0.29, 0.717) is 0 Å². The van der Waals surface area contributed by atoms with Crippen LogP contribution in [0.3, 0.4) is 0 Å². The summed E-state index contributed by atoms with van der Waals surface area (Å²) in [5.41, 5.74) is 0.611. The number of carbonyl (C=O) groups excluding carboxylic acids is 1. The van der Waals surface area contributed by atoms with Crippen LogP contribution in [0.2, 0.25) is 0 Å². The molecule has 1 amide bonds. The van der Waals surface area contributed by atoms with Gasteiger partial charge in [-0.1, -0.05) is 0 Å². The molecule has 0 aromatic carbocycles. The number of piperidine rings is 1. The Bertz CT molecular complexity index is 420. The number of carbonyl (C=O) groups is 1. The molecule has 2 atom stereocenters. The summed E-state index contributed by atoms with van der Waals surface area (Å²) in [6.45, 7) is 4.89. The van der Waals surface area contributed by atoms with Crippen LogP contribution in [0.4, 0.5) is 0 Å². The lowest BCUT2D eigenvalue weighted by atomic mass is 9.89. The molecule has 1 saturated heterocycles. The third kappa shape index (κ3) is 2.72. The SMILES string of the molecule is CC(NC(=O)C1(C)CCCCN1)c1cnn(C)c1. The number of nitrogens with zero attached hydrogens (tertiary/aromatic N) is 2. The maximum atomic E-state index is 12.3. The number of aromatic nitrogens is 2. The van der Waals surface area contributed by atoms with E-state index in [-0.39, 0.29) is 11.9 Å². The third-order valence-corrected chi connectivity index (χ3v) is 3.69. The van der Waals surface area contributed by atoms with Crippen LogP contribution in [-0.2, 0) is 11.8 Å². The van der Waals surface area contributed by atoms with Crippen molar-refractivity contribution >= 4 is 5.91 Å². The molecule has 0 spiro atoms. The van der Waals surface area contributed by atoms with Crippen LogP contribution in [0.25, 0.3) is 0 Å². The predicted molar refractivity (Wildman–Crippen MR) is 70.0 cm³/mol. The van der Waals surface area contributed by atoms with Gasteiger partial charge in [0.15, 0.2) is 0 Å². The Morgan fingerprint density at radius 2 is 2.39 bits per heavy atom. The summed E-state index contributed by atoms with van der Waals surface area (Å²) >= 11 is 0. The third-order valence-electron chi connectivity index (χ3n) is 3.69. The first kappa shape index (κ1) is 13.1. The van der Waals surface area contributed by atoms with Gasteiger partial charge in [-0.2, -0.15) is 5.10 Å². The van der Waals surface area contributed by atoms with Crippen molar-refractivity contribution in [2.45, 2.75) is 44.7 Å². The molecule has 5 heteroatoms. The van der Waals surface area contributed by atoms with E-state index in [4.69, 9.17) is 0 Å². The molecule has 2 heterocycles. The number of amides is 1. The van der Waals surface area contributed by atoms with E-state index in [1.807, 2.05) is 27.1 Å². The van der Waals surface area contributed by atoms with E-state index < -0.39 is 5.54 Å². The zero-order valence-electron chi connectivity index (χ0n) is 11.4. The van der Waals surface area contributed by atoms with E-state index in [2.05, 4.69) is 15.7 Å². The molecule has 1 aromatic heterocycles. The minimum Gasteiger partial charge on any atom is -0.348 e. The Morgan fingerprint density at radius 1 is 1.61 bits per heavy atom. The summed E-state index contributed by atoms with van der Waals surface area (Å²) in [6, 6.07) is -0.00764. The molecule has 0 bridgehead atoms. The highest BCUT2D eigenvalue weighted by Crippen LogP contribution is 2.20. The molecule has 100 valence electrons. The molecular weight excluding hydrogens is 228 g/mol. The van der Waals surface area contributed by atoms with Crippen molar-refractivity contribution in [3.63, 3.8) is 0 Å². The predicted octanol–water partition coefficient (Wildman–Crippen LogP) is 1.13. The highest BCUT2D eigenvalue weighted by Gasteiger charge is 2.34. The number of aryl methyl sites for hydroxylation is 1. The maximum Gasteiger partial charge on any atom is 0.240 e. The molecule has 18 heavy (non-hydrogen) atoms. The fourth-order valence-corrected chi connectivity index (χ4v) is 2.35. The van der Waals surface area contributed by atoms with Crippen molar-refractivity contribution in [1.29, 1.82) is 0 Å². The summed E-state index contributed by atoms with van der Waals surface area (Å²) in [6.07, 6.45) is 6.89. The summed E-state index contributed by atoms with van der Waals surface area (Å²) in [5.74, 6) is 0.0820. The van der Waals surface area contributed by atoms with Crippen LogP contribution >= 0.6 is 0 Å². The lowest BCUT2D eigenvalue weighted by molar-refractivity contribution is -0.128. The quantitative estimate of drug-likeness (QED) is 0.845. The highest BCUT2D eigenvalue weighted by molar-refractivity contribution is 5.86. The normalized spacial score (nSPS) is 25.7. The second kappa shape index (κ2) is 5.10. The van der Waals surface area contributed by atoms with Gasteiger partial charge in [-0.05, 0) is 39.7 Å². The monoisotopic (exact) mass is 250 g/mol. The highest BCUT2D eigenvalue weighted by atomic mass is 16.2. The number of rotatable bonds is 3. The first-order valence-electron chi connectivity index (χ1n) is 6.56. The Morgan fingerprint density at radius 3 is 2.94 bits per heavy atom. The average Bonchev–Trinajstić information content (AvgIpc) is 2.77. The van der Waals surface area contributed by atoms with Gasteiger partial charge in [0.05, 0.1) is 17.8 Å². The zero-order chi connectivity index (χ0) is 13.2. The second-order valence-corrected chi connectivity index (χ2v) is 5.36. The van der Waals surface area contributed by atoms with Crippen molar-refractivity contribution < 1.29 is 4.79 Å². The molecule has 2 N–H and O–H groups in total. The first-order chi connectivity index (χ1) is 8.51. The first-order valence-corrected chi connectivity index (χ1v) is 6.56. The molecular formula is C13H22N4O. The summed E-state index contributed by atoms with van der Waals surface area (Å²) in [4.78, 5) is 12.3. The Kier molecular flexibility index (Phi) is 3.71. The summed E-state index contributed by atoms with van der Waals surface area (Å²) in [5, 5.41) is 10.5. The van der Waals surface area contributed by atoms with E-state index in [9.17, 15) is 4.79 Å². The van der Waals surface area contributed by atoms with Gasteiger partial charge in [-0.15, -0.1) is 0 Å². The fourth-order valence-electron chi connectivity index (χ4n) is 2.35. The summed E-state index contributed by atoms with van der Waals surface area (Å²) < 4.78 is 1.75. The van der Waals surface area contributed by atoms with Crippen molar-refractivity contribution in [2.24, 2.45) is 7.05 Å². The largest absolute Gasteiger partial charge is 0.348 e. The number of hydrogen-bond acceptors (Lipinski definition) is 3. The molecule has 1 aromatic rings. The summed E-state index contributed by atoms with van der Waals surface area (Å²) in [7, 11) is 1.88. The Labute approximate surface area is 108 Å². The lowest BCUT2D eigenvalue weighted by Gasteiger charge is -2.34. The van der Waals surface area contributed by atoms with Crippen LogP contribution in [0, 0.1) is 0 Å². The van der Waals surface area contributed by atoms with Crippen LogP contribution in [0.1, 0.15) is 44.7 Å². The zero-order valence-corrected chi connectivity index (χ0v) is 11.4. The Hall–Kier alpha value is -1.36. The fraction of sp³-hybridized carbons (Fsp3) is 0.692. The molecule has 2 rings (SSSR count). The van der Waals surface area contributed by atoms with Crippen LogP contribution in [-0.4, -0.2) is 27.8 Å². The molecule has 2 unspecified atom stereocenters. The minimum absolute atomic E-state index is 0.00764. The smallest absolute Gasteiger partial charge is 0.240 e. The van der Waals surface area contributed by atoms with Gasteiger partial charge in [0.25, 0.3) is 0 Å². The van der Waals surface area contributed by atoms with Gasteiger partial charge >= 0.3 is 0 Å².